The van der Waals surface area contributed by atoms with Gasteiger partial charge < -0.3 is 14.2 Å². The predicted molar refractivity (Wildman–Crippen MR) is 92.4 cm³/mol. The van der Waals surface area contributed by atoms with E-state index in [9.17, 15) is 4.79 Å². The summed E-state index contributed by atoms with van der Waals surface area (Å²) in [5.74, 6) is 1.34. The van der Waals surface area contributed by atoms with Gasteiger partial charge in [-0.25, -0.2) is 0 Å². The lowest BCUT2D eigenvalue weighted by Crippen LogP contribution is -2.10. The molecule has 0 amide bonds. The molecule has 3 aromatic heterocycles. The lowest BCUT2D eigenvalue weighted by atomic mass is 10.0. The van der Waals surface area contributed by atoms with E-state index in [1.807, 2.05) is 24.3 Å². The first-order valence-electron chi connectivity index (χ1n) is 7.63. The maximum atomic E-state index is 12.4. The van der Waals surface area contributed by atoms with Crippen molar-refractivity contribution in [3.05, 3.63) is 58.8 Å². The Kier molecular flexibility index (Phi) is 3.53. The van der Waals surface area contributed by atoms with Gasteiger partial charge in [-0.2, -0.15) is 4.98 Å². The third-order valence-electron chi connectivity index (χ3n) is 3.90. The molecule has 25 heavy (non-hydrogen) atoms. The Balaban J connectivity index is 2.02. The van der Waals surface area contributed by atoms with Crippen molar-refractivity contribution in [1.82, 2.24) is 20.1 Å². The minimum atomic E-state index is -0.287. The number of H-pyrrole nitrogens is 1. The molecule has 4 aromatic rings. The number of aromatic amines is 1. The Morgan fingerprint density at radius 1 is 1.16 bits per heavy atom. The molecule has 1 N–H and O–H groups in total. The second kappa shape index (κ2) is 5.86. The number of methoxy groups -OCH3 is 1. The van der Waals surface area contributed by atoms with Gasteiger partial charge in [-0.1, -0.05) is 17.3 Å². The molecule has 0 bridgehead atoms. The van der Waals surface area contributed by atoms with E-state index >= 15 is 0 Å². The molecule has 1 aromatic carbocycles. The predicted octanol–water partition coefficient (Wildman–Crippen LogP) is 2.96. The van der Waals surface area contributed by atoms with Crippen LogP contribution in [-0.4, -0.2) is 27.2 Å². The second-order valence-corrected chi connectivity index (χ2v) is 5.47. The van der Waals surface area contributed by atoms with E-state index < -0.39 is 0 Å². The Hall–Kier alpha value is -3.48. The van der Waals surface area contributed by atoms with Crippen LogP contribution in [0.4, 0.5) is 0 Å². The molecule has 0 unspecified atom stereocenters. The molecule has 0 aliphatic rings. The molecule has 3 heterocycles. The standard InChI is InChI=1S/C18H14N4O3/c1-10-20-17(22-25-10)13-9-12-14(21-18(13)23)7-8-19-16(12)11-5-3-4-6-15(11)24-2/h3-9H,1-2H3,(H,21,23). The highest BCUT2D eigenvalue weighted by Crippen LogP contribution is 2.33. The summed E-state index contributed by atoms with van der Waals surface area (Å²) in [7, 11) is 1.61. The first-order valence-corrected chi connectivity index (χ1v) is 7.63. The van der Waals surface area contributed by atoms with E-state index in [0.29, 0.717) is 28.4 Å². The molecular formula is C18H14N4O3. The minimum Gasteiger partial charge on any atom is -0.496 e. The number of ether oxygens (including phenoxy) is 1. The van der Waals surface area contributed by atoms with Gasteiger partial charge in [-0.05, 0) is 24.3 Å². The van der Waals surface area contributed by atoms with Crippen molar-refractivity contribution >= 4 is 10.9 Å². The summed E-state index contributed by atoms with van der Waals surface area (Å²) in [4.78, 5) is 23.9. The lowest BCUT2D eigenvalue weighted by molar-refractivity contribution is 0.394. The zero-order valence-electron chi connectivity index (χ0n) is 13.6. The number of para-hydroxylation sites is 1. The molecule has 0 spiro atoms. The van der Waals surface area contributed by atoms with Crippen LogP contribution in [0.2, 0.25) is 0 Å². The van der Waals surface area contributed by atoms with Crippen molar-refractivity contribution in [2.24, 2.45) is 0 Å². The van der Waals surface area contributed by atoms with E-state index in [1.165, 1.54) is 0 Å². The average molecular weight is 334 g/mol. The monoisotopic (exact) mass is 334 g/mol. The Bertz CT molecular complexity index is 1130. The van der Waals surface area contributed by atoms with E-state index in [2.05, 4.69) is 20.1 Å². The van der Waals surface area contributed by atoms with Gasteiger partial charge in [0, 0.05) is 24.1 Å². The molecule has 0 aliphatic carbocycles. The number of fused-ring (bicyclic) bond motifs is 1. The fourth-order valence-electron chi connectivity index (χ4n) is 2.76. The van der Waals surface area contributed by atoms with Gasteiger partial charge in [0.25, 0.3) is 5.56 Å². The van der Waals surface area contributed by atoms with Crippen LogP contribution in [0.1, 0.15) is 5.89 Å². The Morgan fingerprint density at radius 2 is 2.00 bits per heavy atom. The van der Waals surface area contributed by atoms with Crippen LogP contribution < -0.4 is 10.3 Å². The van der Waals surface area contributed by atoms with Crippen LogP contribution >= 0.6 is 0 Å². The molecule has 7 heteroatoms. The van der Waals surface area contributed by atoms with E-state index in [4.69, 9.17) is 9.26 Å². The Morgan fingerprint density at radius 3 is 2.76 bits per heavy atom. The maximum Gasteiger partial charge on any atom is 0.259 e. The van der Waals surface area contributed by atoms with Crippen LogP contribution in [0.3, 0.4) is 0 Å². The van der Waals surface area contributed by atoms with Gasteiger partial charge in [-0.15, -0.1) is 0 Å². The second-order valence-electron chi connectivity index (χ2n) is 5.47. The molecule has 4 rings (SSSR count). The van der Waals surface area contributed by atoms with E-state index in [0.717, 1.165) is 10.9 Å². The van der Waals surface area contributed by atoms with Gasteiger partial charge in [0.1, 0.15) is 5.75 Å². The number of benzene rings is 1. The fourth-order valence-corrected chi connectivity index (χ4v) is 2.76. The lowest BCUT2D eigenvalue weighted by Gasteiger charge is -2.10. The fraction of sp³-hybridized carbons (Fsp3) is 0.111. The first-order chi connectivity index (χ1) is 12.2. The van der Waals surface area contributed by atoms with Crippen molar-refractivity contribution in [1.29, 1.82) is 0 Å². The minimum absolute atomic E-state index is 0.246. The third kappa shape index (κ3) is 2.55. The highest BCUT2D eigenvalue weighted by molar-refractivity contribution is 5.95. The molecule has 124 valence electrons. The van der Waals surface area contributed by atoms with Gasteiger partial charge >= 0.3 is 0 Å². The molecular weight excluding hydrogens is 320 g/mol. The smallest absolute Gasteiger partial charge is 0.259 e. The van der Waals surface area contributed by atoms with Crippen LogP contribution in [-0.2, 0) is 0 Å². The number of aromatic nitrogens is 4. The molecule has 0 saturated heterocycles. The summed E-state index contributed by atoms with van der Waals surface area (Å²) in [6, 6.07) is 11.1. The number of hydrogen-bond donors (Lipinski definition) is 1. The number of pyridine rings is 2. The van der Waals surface area contributed by atoms with Crippen molar-refractivity contribution in [2.75, 3.05) is 7.11 Å². The zero-order chi connectivity index (χ0) is 17.4. The van der Waals surface area contributed by atoms with Gasteiger partial charge in [0.05, 0.1) is 23.9 Å². The van der Waals surface area contributed by atoms with Gasteiger partial charge in [0.15, 0.2) is 0 Å². The van der Waals surface area contributed by atoms with Crippen LogP contribution in [0, 0.1) is 6.92 Å². The molecule has 0 fully saturated rings. The summed E-state index contributed by atoms with van der Waals surface area (Å²) in [5, 5.41) is 4.61. The summed E-state index contributed by atoms with van der Waals surface area (Å²) >= 11 is 0. The van der Waals surface area contributed by atoms with Gasteiger partial charge in [0.2, 0.25) is 11.7 Å². The highest BCUT2D eigenvalue weighted by Gasteiger charge is 2.16. The van der Waals surface area contributed by atoms with Crippen molar-refractivity contribution in [2.45, 2.75) is 6.92 Å². The van der Waals surface area contributed by atoms with Crippen LogP contribution in [0.5, 0.6) is 5.75 Å². The highest BCUT2D eigenvalue weighted by atomic mass is 16.5. The maximum absolute atomic E-state index is 12.4. The van der Waals surface area contributed by atoms with E-state index in [1.54, 1.807) is 32.4 Å². The summed E-state index contributed by atoms with van der Waals surface area (Å²) in [6.07, 6.45) is 1.65. The third-order valence-corrected chi connectivity index (χ3v) is 3.90. The number of aryl methyl sites for hydroxylation is 1. The van der Waals surface area contributed by atoms with Crippen molar-refractivity contribution in [3.8, 4) is 28.4 Å². The first kappa shape index (κ1) is 15.1. The SMILES string of the molecule is COc1ccccc1-c1nccc2[nH]c(=O)c(-c3noc(C)n3)cc12. The topological polar surface area (TPSA) is 93.9 Å². The number of nitrogens with one attached hydrogen (secondary N) is 1. The summed E-state index contributed by atoms with van der Waals surface area (Å²) in [5.41, 5.74) is 2.24. The van der Waals surface area contributed by atoms with Gasteiger partial charge in [-0.3, -0.25) is 9.78 Å². The van der Waals surface area contributed by atoms with Crippen molar-refractivity contribution in [3.63, 3.8) is 0 Å². The molecule has 0 saturated carbocycles. The molecule has 0 aliphatic heterocycles. The number of hydrogen-bond acceptors (Lipinski definition) is 6. The largest absolute Gasteiger partial charge is 0.496 e. The normalized spacial score (nSPS) is 11.0. The molecule has 0 radical (unpaired) electrons. The van der Waals surface area contributed by atoms with E-state index in [-0.39, 0.29) is 11.4 Å². The Labute approximate surface area is 142 Å². The van der Waals surface area contributed by atoms with Crippen molar-refractivity contribution < 1.29 is 9.26 Å². The number of rotatable bonds is 3. The molecule has 7 nitrogen and oxygen atoms in total. The molecule has 0 atom stereocenters. The quantitative estimate of drug-likeness (QED) is 0.619. The summed E-state index contributed by atoms with van der Waals surface area (Å²) in [6.45, 7) is 1.67. The number of nitrogens with zero attached hydrogens (tertiary/aromatic N) is 3. The average Bonchev–Trinajstić information content (AvgIpc) is 3.06. The summed E-state index contributed by atoms with van der Waals surface area (Å²) < 4.78 is 10.4. The van der Waals surface area contributed by atoms with Crippen LogP contribution in [0.15, 0.2) is 51.9 Å². The van der Waals surface area contributed by atoms with Crippen LogP contribution in [0.25, 0.3) is 33.5 Å². The zero-order valence-corrected chi connectivity index (χ0v) is 13.6.